The van der Waals surface area contributed by atoms with Crippen molar-refractivity contribution in [2.75, 3.05) is 0 Å². The van der Waals surface area contributed by atoms with E-state index < -0.39 is 0 Å². The van der Waals surface area contributed by atoms with Crippen LogP contribution in [0.3, 0.4) is 0 Å². The maximum atomic E-state index is 9.77. The van der Waals surface area contributed by atoms with Crippen molar-refractivity contribution in [1.82, 2.24) is 0 Å². The van der Waals surface area contributed by atoms with Crippen LogP contribution in [0.5, 0.6) is 11.5 Å². The van der Waals surface area contributed by atoms with Crippen molar-refractivity contribution in [3.05, 3.63) is 65.7 Å². The maximum Gasteiger partial charge on any atom is 0.119 e. The molecule has 2 nitrogen and oxygen atoms in total. The Morgan fingerprint density at radius 1 is 0.941 bits per heavy atom. The molecule has 0 bridgehead atoms. The van der Waals surface area contributed by atoms with Crippen LogP contribution in [0.15, 0.2) is 49.0 Å². The first-order valence-electron chi connectivity index (χ1n) is 5.42. The van der Waals surface area contributed by atoms with Crippen LogP contribution in [0.25, 0.3) is 6.08 Å². The normalized spacial score (nSPS) is 10.1. The van der Waals surface area contributed by atoms with Crippen molar-refractivity contribution in [2.45, 2.75) is 6.42 Å². The Morgan fingerprint density at radius 2 is 1.65 bits per heavy atom. The summed E-state index contributed by atoms with van der Waals surface area (Å²) < 4.78 is 0. The van der Waals surface area contributed by atoms with E-state index in [1.54, 1.807) is 30.3 Å². The molecule has 0 radical (unpaired) electrons. The summed E-state index contributed by atoms with van der Waals surface area (Å²) in [5.41, 5.74) is 2.53. The molecule has 0 aliphatic rings. The second-order valence-corrected chi connectivity index (χ2v) is 3.90. The predicted octanol–water partition coefficient (Wildman–Crippen LogP) is 3.33. The minimum atomic E-state index is 0.235. The number of phenols is 2. The summed E-state index contributed by atoms with van der Waals surface area (Å²) in [7, 11) is 0. The van der Waals surface area contributed by atoms with Crippen molar-refractivity contribution in [3.63, 3.8) is 0 Å². The third-order valence-electron chi connectivity index (χ3n) is 2.71. The van der Waals surface area contributed by atoms with Gasteiger partial charge in [0.2, 0.25) is 0 Å². The first kappa shape index (κ1) is 11.3. The molecule has 17 heavy (non-hydrogen) atoms. The van der Waals surface area contributed by atoms with Crippen molar-refractivity contribution in [1.29, 1.82) is 0 Å². The first-order valence-corrected chi connectivity index (χ1v) is 5.42. The van der Waals surface area contributed by atoms with Gasteiger partial charge < -0.3 is 10.2 Å². The number of hydrogen-bond donors (Lipinski definition) is 2. The minimum absolute atomic E-state index is 0.235. The fourth-order valence-corrected chi connectivity index (χ4v) is 1.74. The predicted molar refractivity (Wildman–Crippen MR) is 69.1 cm³/mol. The van der Waals surface area contributed by atoms with E-state index >= 15 is 0 Å². The maximum absolute atomic E-state index is 9.77. The van der Waals surface area contributed by atoms with Gasteiger partial charge in [-0.05, 0) is 34.9 Å². The van der Waals surface area contributed by atoms with Crippen LogP contribution >= 0.6 is 0 Å². The zero-order valence-electron chi connectivity index (χ0n) is 9.43. The van der Waals surface area contributed by atoms with Gasteiger partial charge in [0, 0.05) is 6.42 Å². The molecule has 2 aromatic carbocycles. The van der Waals surface area contributed by atoms with Gasteiger partial charge >= 0.3 is 0 Å². The zero-order chi connectivity index (χ0) is 12.3. The highest BCUT2D eigenvalue weighted by Crippen LogP contribution is 2.26. The highest BCUT2D eigenvalue weighted by molar-refractivity contribution is 5.52. The third-order valence-corrected chi connectivity index (χ3v) is 2.71. The second kappa shape index (κ2) is 4.74. The largest absolute Gasteiger partial charge is 0.508 e. The first-order chi connectivity index (χ1) is 8.20. The molecule has 2 aromatic rings. The molecule has 2 heteroatoms. The second-order valence-electron chi connectivity index (χ2n) is 3.90. The van der Waals surface area contributed by atoms with E-state index in [2.05, 4.69) is 6.58 Å². The van der Waals surface area contributed by atoms with E-state index in [9.17, 15) is 10.2 Å². The van der Waals surface area contributed by atoms with Gasteiger partial charge in [-0.1, -0.05) is 36.9 Å². The molecule has 0 amide bonds. The van der Waals surface area contributed by atoms with Crippen LogP contribution in [0.2, 0.25) is 0 Å². The Bertz CT molecular complexity index is 544. The Morgan fingerprint density at radius 3 is 2.35 bits per heavy atom. The number of para-hydroxylation sites is 1. The van der Waals surface area contributed by atoms with Crippen LogP contribution in [0, 0.1) is 0 Å². The molecule has 0 aromatic heterocycles. The topological polar surface area (TPSA) is 40.5 Å². The molecular weight excluding hydrogens is 212 g/mol. The standard InChI is InChI=1S/C15H14O2/c1-2-11-7-8-15(17)13(9-11)10-12-5-3-4-6-14(12)16/h2-9,16-17H,1,10H2. The summed E-state index contributed by atoms with van der Waals surface area (Å²) >= 11 is 0. The van der Waals surface area contributed by atoms with E-state index in [-0.39, 0.29) is 11.5 Å². The molecule has 2 rings (SSSR count). The summed E-state index contributed by atoms with van der Waals surface area (Å²) in [5.74, 6) is 0.481. The minimum Gasteiger partial charge on any atom is -0.508 e. The average molecular weight is 226 g/mol. The summed E-state index contributed by atoms with van der Waals surface area (Å²) in [4.78, 5) is 0. The Hall–Kier alpha value is -2.22. The molecule has 0 saturated heterocycles. The molecular formula is C15H14O2. The molecule has 0 spiro atoms. The number of hydrogen-bond acceptors (Lipinski definition) is 2. The lowest BCUT2D eigenvalue weighted by atomic mass is 10.0. The van der Waals surface area contributed by atoms with E-state index in [0.717, 1.165) is 16.7 Å². The van der Waals surface area contributed by atoms with Crippen molar-refractivity contribution >= 4 is 6.08 Å². The lowest BCUT2D eigenvalue weighted by molar-refractivity contribution is 0.463. The summed E-state index contributed by atoms with van der Waals surface area (Å²) in [5, 5.41) is 19.5. The lowest BCUT2D eigenvalue weighted by Gasteiger charge is -2.07. The molecule has 2 N–H and O–H groups in total. The smallest absolute Gasteiger partial charge is 0.119 e. The fraction of sp³-hybridized carbons (Fsp3) is 0.0667. The molecule has 0 heterocycles. The molecule has 0 saturated carbocycles. The van der Waals surface area contributed by atoms with Gasteiger partial charge in [-0.15, -0.1) is 0 Å². The Kier molecular flexibility index (Phi) is 3.15. The van der Waals surface area contributed by atoms with Crippen LogP contribution < -0.4 is 0 Å². The molecule has 0 aliphatic heterocycles. The monoisotopic (exact) mass is 226 g/mol. The summed E-state index contributed by atoms with van der Waals surface area (Å²) in [6.07, 6.45) is 2.23. The highest BCUT2D eigenvalue weighted by Gasteiger charge is 2.06. The van der Waals surface area contributed by atoms with Gasteiger partial charge in [0.1, 0.15) is 11.5 Å². The third kappa shape index (κ3) is 2.48. The number of phenolic OH excluding ortho intramolecular Hbond substituents is 2. The number of benzene rings is 2. The zero-order valence-corrected chi connectivity index (χ0v) is 9.43. The van der Waals surface area contributed by atoms with Crippen LogP contribution in [-0.2, 0) is 6.42 Å². The van der Waals surface area contributed by atoms with Gasteiger partial charge in [0.05, 0.1) is 0 Å². The SMILES string of the molecule is C=Cc1ccc(O)c(Cc2ccccc2O)c1. The summed E-state index contributed by atoms with van der Waals surface area (Å²) in [6.45, 7) is 3.70. The quantitative estimate of drug-likeness (QED) is 0.842. The van der Waals surface area contributed by atoms with Crippen molar-refractivity contribution < 1.29 is 10.2 Å². The van der Waals surface area contributed by atoms with E-state index in [4.69, 9.17) is 0 Å². The molecule has 86 valence electrons. The Labute approximate surface area is 100 Å². The fourth-order valence-electron chi connectivity index (χ4n) is 1.74. The van der Waals surface area contributed by atoms with E-state index in [1.165, 1.54) is 0 Å². The molecule has 0 atom stereocenters. The molecule has 0 unspecified atom stereocenters. The van der Waals surface area contributed by atoms with Gasteiger partial charge in [0.25, 0.3) is 0 Å². The van der Waals surface area contributed by atoms with Gasteiger partial charge in [-0.3, -0.25) is 0 Å². The van der Waals surface area contributed by atoms with E-state index in [1.807, 2.05) is 18.2 Å². The van der Waals surface area contributed by atoms with Crippen molar-refractivity contribution in [3.8, 4) is 11.5 Å². The van der Waals surface area contributed by atoms with Gasteiger partial charge in [0.15, 0.2) is 0 Å². The number of rotatable bonds is 3. The lowest BCUT2D eigenvalue weighted by Crippen LogP contribution is -1.90. The van der Waals surface area contributed by atoms with Crippen molar-refractivity contribution in [2.24, 2.45) is 0 Å². The molecule has 0 fully saturated rings. The van der Waals surface area contributed by atoms with Gasteiger partial charge in [-0.25, -0.2) is 0 Å². The van der Waals surface area contributed by atoms with Crippen LogP contribution in [-0.4, -0.2) is 10.2 Å². The van der Waals surface area contributed by atoms with E-state index in [0.29, 0.717) is 6.42 Å². The molecule has 0 aliphatic carbocycles. The van der Waals surface area contributed by atoms with Crippen LogP contribution in [0.1, 0.15) is 16.7 Å². The average Bonchev–Trinajstić information content (AvgIpc) is 2.35. The highest BCUT2D eigenvalue weighted by atomic mass is 16.3. The number of aromatic hydroxyl groups is 2. The van der Waals surface area contributed by atoms with Crippen LogP contribution in [0.4, 0.5) is 0 Å². The summed E-state index contributed by atoms with van der Waals surface area (Å²) in [6, 6.07) is 12.4. The Balaban J connectivity index is 2.36. The van der Waals surface area contributed by atoms with Gasteiger partial charge in [-0.2, -0.15) is 0 Å².